The van der Waals surface area contributed by atoms with E-state index in [0.717, 1.165) is 5.56 Å². The van der Waals surface area contributed by atoms with Crippen molar-refractivity contribution in [3.63, 3.8) is 0 Å². The number of hydrogen-bond donors (Lipinski definition) is 0. The number of likely N-dealkylation sites (N-methyl/N-ethyl adjacent to an activating group) is 1. The topological polar surface area (TPSA) is 51.7 Å². The molecule has 1 aromatic heterocycles. The fourth-order valence-corrected chi connectivity index (χ4v) is 2.17. The lowest BCUT2D eigenvalue weighted by atomic mass is 10.1. The van der Waals surface area contributed by atoms with Gasteiger partial charge in [0.25, 0.3) is 0 Å². The number of methoxy groups -OCH3 is 1. The number of rotatable bonds is 7. The number of halogens is 2. The molecular weight excluding hydrogens is 330 g/mol. The van der Waals surface area contributed by atoms with Gasteiger partial charge in [0.1, 0.15) is 0 Å². The minimum atomic E-state index is -2.99. The van der Waals surface area contributed by atoms with Gasteiger partial charge in [0.2, 0.25) is 5.91 Å². The van der Waals surface area contributed by atoms with Crippen LogP contribution in [0.5, 0.6) is 11.5 Å². The summed E-state index contributed by atoms with van der Waals surface area (Å²) in [6, 6.07) is 8.34. The molecule has 0 N–H and O–H groups in total. The molecule has 2 aromatic rings. The second kappa shape index (κ2) is 8.77. The molecule has 0 atom stereocenters. The summed E-state index contributed by atoms with van der Waals surface area (Å²) in [5.74, 6) is -0.229. The summed E-state index contributed by atoms with van der Waals surface area (Å²) in [4.78, 5) is 17.7. The summed E-state index contributed by atoms with van der Waals surface area (Å²) in [5.41, 5.74) is 1.21. The first-order chi connectivity index (χ1) is 12.0. The molecule has 0 aliphatic heterocycles. The zero-order chi connectivity index (χ0) is 18.2. The minimum absolute atomic E-state index is 0.112. The van der Waals surface area contributed by atoms with E-state index in [2.05, 4.69) is 9.72 Å². The molecular formula is C18H18F2N2O3. The Labute approximate surface area is 144 Å². The summed E-state index contributed by atoms with van der Waals surface area (Å²) >= 11 is 0. The van der Waals surface area contributed by atoms with Crippen LogP contribution >= 0.6 is 0 Å². The van der Waals surface area contributed by atoms with Crippen LogP contribution in [0, 0.1) is 0 Å². The molecule has 0 bridgehead atoms. The van der Waals surface area contributed by atoms with Gasteiger partial charge in [-0.1, -0.05) is 18.2 Å². The van der Waals surface area contributed by atoms with Crippen LogP contribution in [0.4, 0.5) is 8.78 Å². The normalized spacial score (nSPS) is 10.9. The third kappa shape index (κ3) is 5.27. The number of amides is 1. The first kappa shape index (κ1) is 18.4. The van der Waals surface area contributed by atoms with E-state index in [4.69, 9.17) is 4.74 Å². The molecule has 0 spiro atoms. The molecule has 0 saturated carbocycles. The molecule has 25 heavy (non-hydrogen) atoms. The molecule has 5 nitrogen and oxygen atoms in total. The summed E-state index contributed by atoms with van der Waals surface area (Å²) in [6.45, 7) is -2.61. The first-order valence-corrected chi connectivity index (χ1v) is 7.45. The number of carbonyl (C=O) groups is 1. The molecule has 0 aliphatic carbocycles. The highest BCUT2D eigenvalue weighted by molar-refractivity contribution is 5.92. The third-order valence-electron chi connectivity index (χ3n) is 3.36. The fourth-order valence-electron chi connectivity index (χ4n) is 2.17. The maximum Gasteiger partial charge on any atom is 0.387 e. The fraction of sp³-hybridized carbons (Fsp3) is 0.222. The van der Waals surface area contributed by atoms with Gasteiger partial charge in [0.15, 0.2) is 11.5 Å². The lowest BCUT2D eigenvalue weighted by molar-refractivity contribution is -0.125. The Bertz CT molecular complexity index is 736. The Kier molecular flexibility index (Phi) is 6.45. The van der Waals surface area contributed by atoms with Gasteiger partial charge in [-0.15, -0.1) is 0 Å². The Morgan fingerprint density at radius 2 is 2.12 bits per heavy atom. The second-order valence-corrected chi connectivity index (χ2v) is 5.15. The summed E-state index contributed by atoms with van der Waals surface area (Å²) in [6.07, 6.45) is 6.04. The Hall–Kier alpha value is -2.96. The SMILES string of the molecule is COc1cccc(/C=C/C(=O)N(C)Cc2cccnc2)c1OC(F)F. The van der Waals surface area contributed by atoms with Crippen molar-refractivity contribution < 1.29 is 23.0 Å². The van der Waals surface area contributed by atoms with Crippen molar-refractivity contribution >= 4 is 12.0 Å². The van der Waals surface area contributed by atoms with Gasteiger partial charge in [-0.05, 0) is 23.8 Å². The number of carbonyl (C=O) groups excluding carboxylic acids is 1. The van der Waals surface area contributed by atoms with Crippen molar-refractivity contribution in [2.75, 3.05) is 14.2 Å². The van der Waals surface area contributed by atoms with Crippen LogP contribution in [0.25, 0.3) is 6.08 Å². The van der Waals surface area contributed by atoms with Crippen LogP contribution in [0.3, 0.4) is 0 Å². The van der Waals surface area contributed by atoms with Gasteiger partial charge in [-0.25, -0.2) is 0 Å². The molecule has 1 aromatic carbocycles. The lowest BCUT2D eigenvalue weighted by Gasteiger charge is -2.15. The van der Waals surface area contributed by atoms with Gasteiger partial charge < -0.3 is 14.4 Å². The molecule has 0 fully saturated rings. The minimum Gasteiger partial charge on any atom is -0.493 e. The van der Waals surface area contributed by atoms with Crippen LogP contribution in [-0.4, -0.2) is 36.6 Å². The highest BCUT2D eigenvalue weighted by Crippen LogP contribution is 2.33. The molecule has 132 valence electrons. The zero-order valence-electron chi connectivity index (χ0n) is 13.9. The first-order valence-electron chi connectivity index (χ1n) is 7.45. The van der Waals surface area contributed by atoms with Crippen LogP contribution in [0.1, 0.15) is 11.1 Å². The monoisotopic (exact) mass is 348 g/mol. The number of nitrogens with zero attached hydrogens (tertiary/aromatic N) is 2. The highest BCUT2D eigenvalue weighted by atomic mass is 19.3. The lowest BCUT2D eigenvalue weighted by Crippen LogP contribution is -2.24. The van der Waals surface area contributed by atoms with Crippen molar-refractivity contribution in [2.24, 2.45) is 0 Å². The average molecular weight is 348 g/mol. The van der Waals surface area contributed by atoms with Crippen molar-refractivity contribution in [3.8, 4) is 11.5 Å². The number of benzene rings is 1. The van der Waals surface area contributed by atoms with Gasteiger partial charge in [-0.3, -0.25) is 9.78 Å². The number of ether oxygens (including phenoxy) is 2. The van der Waals surface area contributed by atoms with Crippen molar-refractivity contribution in [1.82, 2.24) is 9.88 Å². The molecule has 1 amide bonds. The zero-order valence-corrected chi connectivity index (χ0v) is 13.9. The molecule has 7 heteroatoms. The molecule has 2 rings (SSSR count). The Morgan fingerprint density at radius 1 is 1.32 bits per heavy atom. The number of hydrogen-bond acceptors (Lipinski definition) is 4. The van der Waals surface area contributed by atoms with Crippen LogP contribution in [0.15, 0.2) is 48.8 Å². The number of pyridine rings is 1. The van der Waals surface area contributed by atoms with Gasteiger partial charge in [0.05, 0.1) is 7.11 Å². The molecule has 0 aliphatic rings. The van der Waals surface area contributed by atoms with E-state index in [1.165, 1.54) is 30.2 Å². The van der Waals surface area contributed by atoms with Crippen molar-refractivity contribution in [2.45, 2.75) is 13.2 Å². The Balaban J connectivity index is 2.13. The van der Waals surface area contributed by atoms with E-state index >= 15 is 0 Å². The van der Waals surface area contributed by atoms with E-state index in [9.17, 15) is 13.6 Å². The number of alkyl halides is 2. The van der Waals surface area contributed by atoms with E-state index in [0.29, 0.717) is 12.1 Å². The molecule has 0 saturated heterocycles. The van der Waals surface area contributed by atoms with E-state index in [-0.39, 0.29) is 17.4 Å². The number of para-hydroxylation sites is 1. The second-order valence-electron chi connectivity index (χ2n) is 5.15. The van der Waals surface area contributed by atoms with E-state index in [1.54, 1.807) is 37.6 Å². The predicted octanol–water partition coefficient (Wildman–Crippen LogP) is 3.36. The quantitative estimate of drug-likeness (QED) is 0.720. The number of aromatic nitrogens is 1. The van der Waals surface area contributed by atoms with Crippen LogP contribution < -0.4 is 9.47 Å². The molecule has 1 heterocycles. The maximum absolute atomic E-state index is 12.6. The highest BCUT2D eigenvalue weighted by Gasteiger charge is 2.14. The molecule has 0 radical (unpaired) electrons. The van der Waals surface area contributed by atoms with E-state index in [1.807, 2.05) is 6.07 Å². The van der Waals surface area contributed by atoms with Gasteiger partial charge in [-0.2, -0.15) is 8.78 Å². The summed E-state index contributed by atoms with van der Waals surface area (Å²) in [5, 5.41) is 0. The van der Waals surface area contributed by atoms with Gasteiger partial charge in [0, 0.05) is 37.6 Å². The van der Waals surface area contributed by atoms with Crippen molar-refractivity contribution in [3.05, 3.63) is 59.9 Å². The van der Waals surface area contributed by atoms with Gasteiger partial charge >= 0.3 is 6.61 Å². The van der Waals surface area contributed by atoms with Crippen molar-refractivity contribution in [1.29, 1.82) is 0 Å². The summed E-state index contributed by atoms with van der Waals surface area (Å²) in [7, 11) is 3.00. The smallest absolute Gasteiger partial charge is 0.387 e. The Morgan fingerprint density at radius 3 is 2.76 bits per heavy atom. The molecule has 0 unspecified atom stereocenters. The van der Waals surface area contributed by atoms with Crippen LogP contribution in [0.2, 0.25) is 0 Å². The standard InChI is InChI=1S/C18H18F2N2O3/c1-22(12-13-5-4-10-21-11-13)16(23)9-8-14-6-3-7-15(24-2)17(14)25-18(19)20/h3-11,18H,12H2,1-2H3/b9-8+. The average Bonchev–Trinajstić information content (AvgIpc) is 2.60. The summed E-state index contributed by atoms with van der Waals surface area (Å²) < 4.78 is 34.7. The maximum atomic E-state index is 12.6. The van der Waals surface area contributed by atoms with Crippen LogP contribution in [-0.2, 0) is 11.3 Å². The predicted molar refractivity (Wildman–Crippen MR) is 89.4 cm³/mol. The third-order valence-corrected chi connectivity index (χ3v) is 3.36. The van der Waals surface area contributed by atoms with E-state index < -0.39 is 6.61 Å². The largest absolute Gasteiger partial charge is 0.493 e.